The number of pyridine rings is 2. The van der Waals surface area contributed by atoms with Crippen LogP contribution in [-0.2, 0) is 11.5 Å². The van der Waals surface area contributed by atoms with Crippen molar-refractivity contribution in [1.82, 2.24) is 19.9 Å². The van der Waals surface area contributed by atoms with Gasteiger partial charge in [-0.2, -0.15) is 5.26 Å². The molecule has 0 amide bonds. The number of aromatic nitrogens is 3. The van der Waals surface area contributed by atoms with E-state index in [4.69, 9.17) is 9.72 Å². The summed E-state index contributed by atoms with van der Waals surface area (Å²) in [7, 11) is -1.15. The molecule has 0 unspecified atom stereocenters. The van der Waals surface area contributed by atoms with E-state index in [2.05, 4.69) is 58.5 Å². The van der Waals surface area contributed by atoms with Gasteiger partial charge in [-0.1, -0.05) is 26.6 Å². The summed E-state index contributed by atoms with van der Waals surface area (Å²) in [5, 5.41) is 15.1. The summed E-state index contributed by atoms with van der Waals surface area (Å²) < 4.78 is 8.18. The van der Waals surface area contributed by atoms with Crippen molar-refractivity contribution in [3.8, 4) is 6.07 Å². The van der Waals surface area contributed by atoms with E-state index in [1.807, 2.05) is 12.3 Å². The molecule has 0 radical (unpaired) electrons. The summed E-state index contributed by atoms with van der Waals surface area (Å²) in [6.07, 6.45) is 4.79. The van der Waals surface area contributed by atoms with Crippen LogP contribution in [0.5, 0.6) is 0 Å². The lowest BCUT2D eigenvalue weighted by molar-refractivity contribution is 0.0925. The molecular weight excluding hydrogens is 404 g/mol. The van der Waals surface area contributed by atoms with Gasteiger partial charge in [-0.05, 0) is 31.1 Å². The van der Waals surface area contributed by atoms with Gasteiger partial charge in [0.25, 0.3) is 0 Å². The number of nitrogens with one attached hydrogen (secondary N) is 1. The van der Waals surface area contributed by atoms with Crippen LogP contribution in [0.15, 0.2) is 24.5 Å². The second-order valence-corrected chi connectivity index (χ2v) is 15.1. The van der Waals surface area contributed by atoms with Gasteiger partial charge in [0.15, 0.2) is 0 Å². The maximum atomic E-state index is 9.43. The largest absolute Gasteiger partial charge is 0.369 e. The van der Waals surface area contributed by atoms with Crippen molar-refractivity contribution in [1.29, 1.82) is 5.26 Å². The molecule has 0 aliphatic carbocycles. The third-order valence-electron chi connectivity index (χ3n) is 5.96. The molecule has 1 atom stereocenters. The highest BCUT2D eigenvalue weighted by Gasteiger charge is 2.25. The highest BCUT2D eigenvalue weighted by molar-refractivity contribution is 6.76. The minimum atomic E-state index is -1.15. The molecule has 7 nitrogen and oxygen atoms in total. The van der Waals surface area contributed by atoms with Crippen molar-refractivity contribution in [2.75, 3.05) is 31.1 Å². The topological polar surface area (TPSA) is 79.0 Å². The first-order chi connectivity index (χ1) is 14.9. The van der Waals surface area contributed by atoms with Gasteiger partial charge in [-0.25, -0.2) is 9.97 Å². The Kier molecular flexibility index (Phi) is 6.28. The normalized spacial score (nSPS) is 17.0. The Bertz CT molecular complexity index is 1110. The zero-order valence-corrected chi connectivity index (χ0v) is 20.0. The summed E-state index contributed by atoms with van der Waals surface area (Å²) in [5.41, 5.74) is 3.45. The summed E-state index contributed by atoms with van der Waals surface area (Å²) in [5.74, 6) is 0. The third kappa shape index (κ3) is 4.59. The lowest BCUT2D eigenvalue weighted by Gasteiger charge is -2.20. The van der Waals surface area contributed by atoms with Crippen LogP contribution >= 0.6 is 0 Å². The van der Waals surface area contributed by atoms with Crippen molar-refractivity contribution in [2.45, 2.75) is 51.8 Å². The zero-order valence-electron chi connectivity index (χ0n) is 19.0. The summed E-state index contributed by atoms with van der Waals surface area (Å²) in [6.45, 7) is 13.4. The molecule has 0 saturated carbocycles. The molecule has 3 aromatic heterocycles. The van der Waals surface area contributed by atoms with Crippen molar-refractivity contribution < 1.29 is 4.74 Å². The van der Waals surface area contributed by atoms with Crippen LogP contribution in [0, 0.1) is 11.3 Å². The third-order valence-corrected chi connectivity index (χ3v) is 7.66. The van der Waals surface area contributed by atoms with Crippen LogP contribution in [-0.4, -0.2) is 54.9 Å². The van der Waals surface area contributed by atoms with E-state index >= 15 is 0 Å². The molecule has 0 aromatic carbocycles. The molecule has 1 saturated heterocycles. The summed E-state index contributed by atoms with van der Waals surface area (Å²) in [4.78, 5) is 11.5. The average molecular weight is 437 g/mol. The number of likely N-dealkylation sites (N-methyl/N-ethyl adjacent to an activating group) is 1. The molecule has 1 aliphatic rings. The molecule has 4 heterocycles. The molecule has 0 bridgehead atoms. The molecular formula is C23H32N6OSi. The van der Waals surface area contributed by atoms with Gasteiger partial charge in [-0.15, -0.1) is 0 Å². The van der Waals surface area contributed by atoms with Gasteiger partial charge < -0.3 is 15.0 Å². The van der Waals surface area contributed by atoms with Gasteiger partial charge in [0.05, 0.1) is 17.1 Å². The number of nitrogens with zero attached hydrogens (tertiary/aromatic N) is 5. The number of ether oxygens (including phenoxy) is 1. The number of hydrogen-bond donors (Lipinski definition) is 1. The predicted molar refractivity (Wildman–Crippen MR) is 128 cm³/mol. The standard InChI is InChI=1S/C23H32N6OSi/c1-5-25-17-7-9-28(15-17)20-6-8-26-23-22(20)19-12-18(13-24)27-14-21(19)29(23)16-30-10-11-31(2,3)4/h6,8,12,14,17,25H,5,7,9-11,15-16H2,1-4H3/t17-/m0/s1. The Morgan fingerprint density at radius 3 is 2.90 bits per heavy atom. The fourth-order valence-corrected chi connectivity index (χ4v) is 5.06. The van der Waals surface area contributed by atoms with Gasteiger partial charge in [-0.3, -0.25) is 4.57 Å². The van der Waals surface area contributed by atoms with E-state index in [0.717, 1.165) is 60.6 Å². The Hall–Kier alpha value is -2.47. The fraction of sp³-hybridized carbons (Fsp3) is 0.522. The highest BCUT2D eigenvalue weighted by Crippen LogP contribution is 2.36. The van der Waals surface area contributed by atoms with Crippen LogP contribution in [0.2, 0.25) is 25.7 Å². The first-order valence-corrected chi connectivity index (χ1v) is 14.8. The Morgan fingerprint density at radius 2 is 2.16 bits per heavy atom. The molecule has 0 spiro atoms. The maximum Gasteiger partial charge on any atom is 0.145 e. The van der Waals surface area contributed by atoms with E-state index in [1.165, 1.54) is 5.69 Å². The lowest BCUT2D eigenvalue weighted by Crippen LogP contribution is -2.32. The molecule has 1 aliphatic heterocycles. The predicted octanol–water partition coefficient (Wildman–Crippen LogP) is 3.96. The maximum absolute atomic E-state index is 9.43. The molecule has 8 heteroatoms. The van der Waals surface area contributed by atoms with Crippen molar-refractivity contribution in [3.05, 3.63) is 30.2 Å². The van der Waals surface area contributed by atoms with Crippen LogP contribution in [0.3, 0.4) is 0 Å². The molecule has 1 N–H and O–H groups in total. The van der Waals surface area contributed by atoms with Gasteiger partial charge in [0, 0.05) is 51.1 Å². The molecule has 4 rings (SSSR count). The van der Waals surface area contributed by atoms with Gasteiger partial charge in [0.2, 0.25) is 0 Å². The SMILES string of the molecule is CCN[C@H]1CCN(c2ccnc3c2c2cc(C#N)ncc2n3COCC[Si](C)(C)C)C1. The van der Waals surface area contributed by atoms with Crippen molar-refractivity contribution >= 4 is 35.7 Å². The van der Waals surface area contributed by atoms with E-state index in [9.17, 15) is 5.26 Å². The van der Waals surface area contributed by atoms with E-state index in [0.29, 0.717) is 18.5 Å². The molecule has 1 fully saturated rings. The Labute approximate surface area is 185 Å². The second kappa shape index (κ2) is 8.95. The summed E-state index contributed by atoms with van der Waals surface area (Å²) >= 11 is 0. The minimum Gasteiger partial charge on any atom is -0.369 e. The number of rotatable bonds is 8. The van der Waals surface area contributed by atoms with Crippen LogP contribution < -0.4 is 10.2 Å². The van der Waals surface area contributed by atoms with Gasteiger partial charge >= 0.3 is 0 Å². The number of anilines is 1. The second-order valence-electron chi connectivity index (χ2n) is 9.49. The van der Waals surface area contributed by atoms with Crippen molar-refractivity contribution in [2.24, 2.45) is 0 Å². The van der Waals surface area contributed by atoms with E-state index in [1.54, 1.807) is 6.20 Å². The number of hydrogen-bond acceptors (Lipinski definition) is 6. The van der Waals surface area contributed by atoms with Crippen LogP contribution in [0.4, 0.5) is 5.69 Å². The van der Waals surface area contributed by atoms with Crippen molar-refractivity contribution in [3.63, 3.8) is 0 Å². The van der Waals surface area contributed by atoms with E-state index < -0.39 is 8.07 Å². The zero-order chi connectivity index (χ0) is 22.0. The van der Waals surface area contributed by atoms with Crippen LogP contribution in [0.1, 0.15) is 19.0 Å². The van der Waals surface area contributed by atoms with Crippen LogP contribution in [0.25, 0.3) is 21.9 Å². The quantitative estimate of drug-likeness (QED) is 0.425. The Morgan fingerprint density at radius 1 is 1.32 bits per heavy atom. The number of fused-ring (bicyclic) bond motifs is 3. The van der Waals surface area contributed by atoms with Gasteiger partial charge in [0.1, 0.15) is 24.1 Å². The highest BCUT2D eigenvalue weighted by atomic mass is 28.3. The first-order valence-electron chi connectivity index (χ1n) is 11.1. The van der Waals surface area contributed by atoms with E-state index in [-0.39, 0.29) is 0 Å². The number of nitriles is 1. The molecule has 3 aromatic rings. The smallest absolute Gasteiger partial charge is 0.145 e. The molecule has 164 valence electrons. The lowest BCUT2D eigenvalue weighted by atomic mass is 10.1. The molecule has 31 heavy (non-hydrogen) atoms. The summed E-state index contributed by atoms with van der Waals surface area (Å²) in [6, 6.07) is 7.79. The minimum absolute atomic E-state index is 0.424. The average Bonchev–Trinajstić information content (AvgIpc) is 3.33. The fourth-order valence-electron chi connectivity index (χ4n) is 4.31. The monoisotopic (exact) mass is 436 g/mol. The Balaban J connectivity index is 1.75. The first kappa shape index (κ1) is 21.7.